The Bertz CT molecular complexity index is 1240. The Labute approximate surface area is 259 Å². The molecule has 17 heteroatoms. The van der Waals surface area contributed by atoms with E-state index in [1.165, 1.54) is 0 Å². The van der Waals surface area contributed by atoms with Crippen LogP contribution in [-0.4, -0.2) is 87.8 Å². The number of nitrogens with one attached hydrogen (secondary N) is 4. The number of hydrogen-bond donors (Lipinski definition) is 9. The van der Waals surface area contributed by atoms with Gasteiger partial charge in [0.15, 0.2) is 0 Å². The SMILES string of the molecule is CC(C)C[C@H](NC(=O)[C@@H](N)Cc1ccccc1)C(=O)N[C@@H](CC(N)=O)C(=O)N[C@@H](CCC(N)=O)C(=O)N[C@@H](CC(=O)O)C(=O)O. The van der Waals surface area contributed by atoms with E-state index in [0.717, 1.165) is 5.56 Å². The summed E-state index contributed by atoms with van der Waals surface area (Å²) in [7, 11) is 0. The van der Waals surface area contributed by atoms with Crippen molar-refractivity contribution in [2.75, 3.05) is 0 Å². The number of amides is 6. The van der Waals surface area contributed by atoms with Gasteiger partial charge in [0.25, 0.3) is 0 Å². The lowest BCUT2D eigenvalue weighted by atomic mass is 10.0. The number of carboxylic acid groups (broad SMARTS) is 2. The second-order valence-electron chi connectivity index (χ2n) is 10.8. The number of aliphatic carboxylic acids is 2. The second kappa shape index (κ2) is 18.6. The summed E-state index contributed by atoms with van der Waals surface area (Å²) in [6.45, 7) is 3.56. The maximum Gasteiger partial charge on any atom is 0.326 e. The minimum Gasteiger partial charge on any atom is -0.481 e. The van der Waals surface area contributed by atoms with Crippen LogP contribution in [0, 0.1) is 5.92 Å². The number of benzene rings is 1. The lowest BCUT2D eigenvalue weighted by Crippen LogP contribution is -2.59. The van der Waals surface area contributed by atoms with Crippen LogP contribution in [0.3, 0.4) is 0 Å². The molecule has 0 aliphatic heterocycles. The van der Waals surface area contributed by atoms with Crippen molar-refractivity contribution in [3.8, 4) is 0 Å². The minimum atomic E-state index is -1.88. The number of nitrogens with two attached hydrogens (primary N) is 3. The fourth-order valence-electron chi connectivity index (χ4n) is 4.10. The largest absolute Gasteiger partial charge is 0.481 e. The molecule has 0 radical (unpaired) electrons. The zero-order valence-corrected chi connectivity index (χ0v) is 25.0. The third-order valence-corrected chi connectivity index (χ3v) is 6.32. The molecule has 6 amide bonds. The summed E-state index contributed by atoms with van der Waals surface area (Å²) in [5.74, 6) is -9.02. The molecule has 0 heterocycles. The van der Waals surface area contributed by atoms with E-state index in [2.05, 4.69) is 16.0 Å². The molecule has 0 unspecified atom stereocenters. The van der Waals surface area contributed by atoms with E-state index < -0.39 is 103 Å². The molecule has 0 aromatic heterocycles. The van der Waals surface area contributed by atoms with Crippen molar-refractivity contribution in [2.24, 2.45) is 23.1 Å². The van der Waals surface area contributed by atoms with Gasteiger partial charge in [0.1, 0.15) is 24.2 Å². The van der Waals surface area contributed by atoms with Gasteiger partial charge >= 0.3 is 11.9 Å². The van der Waals surface area contributed by atoms with Crippen LogP contribution in [0.15, 0.2) is 30.3 Å². The van der Waals surface area contributed by atoms with Crippen LogP contribution in [-0.2, 0) is 44.8 Å². The maximum absolute atomic E-state index is 13.3. The number of carboxylic acids is 2. The minimum absolute atomic E-state index is 0.115. The van der Waals surface area contributed by atoms with Gasteiger partial charge in [-0.2, -0.15) is 0 Å². The van der Waals surface area contributed by atoms with E-state index in [1.807, 2.05) is 5.32 Å². The van der Waals surface area contributed by atoms with Gasteiger partial charge in [-0.1, -0.05) is 44.2 Å². The van der Waals surface area contributed by atoms with Crippen LogP contribution in [0.4, 0.5) is 0 Å². The van der Waals surface area contributed by atoms with E-state index in [9.17, 15) is 43.5 Å². The number of rotatable bonds is 20. The van der Waals surface area contributed by atoms with Gasteiger partial charge in [-0.25, -0.2) is 4.79 Å². The molecule has 0 aliphatic carbocycles. The fraction of sp³-hybridized carbons (Fsp3) is 0.500. The summed E-state index contributed by atoms with van der Waals surface area (Å²) < 4.78 is 0. The first kappa shape index (κ1) is 38.0. The number of primary amides is 2. The molecule has 45 heavy (non-hydrogen) atoms. The standard InChI is InChI=1S/C28H41N7O10/c1-14(2)10-18(33-24(40)16(29)11-15-6-4-3-5-7-15)26(42)34-19(12-22(31)37)27(43)32-17(8-9-21(30)36)25(41)35-20(28(44)45)13-23(38)39/h3-7,14,16-20H,8-13,29H2,1-2H3,(H2,30,36)(H2,31,37)(H,32,43)(H,33,40)(H,34,42)(H,35,41)(H,38,39)(H,44,45)/t16-,17-,18-,19-,20-/m0/s1. The Balaban J connectivity index is 3.14. The molecular formula is C28H41N7O10. The molecule has 248 valence electrons. The molecule has 0 saturated carbocycles. The Hall–Kier alpha value is -5.06. The average molecular weight is 636 g/mol. The first-order chi connectivity index (χ1) is 21.0. The quantitative estimate of drug-likeness (QED) is 0.0707. The Morgan fingerprint density at radius 2 is 1.20 bits per heavy atom. The third-order valence-electron chi connectivity index (χ3n) is 6.32. The van der Waals surface area contributed by atoms with Crippen LogP contribution in [0.1, 0.15) is 51.5 Å². The van der Waals surface area contributed by atoms with Crippen molar-refractivity contribution >= 4 is 47.4 Å². The Kier molecular flexibility index (Phi) is 15.7. The van der Waals surface area contributed by atoms with Crippen molar-refractivity contribution in [3.05, 3.63) is 35.9 Å². The summed E-state index contributed by atoms with van der Waals surface area (Å²) in [4.78, 5) is 97.7. The summed E-state index contributed by atoms with van der Waals surface area (Å²) in [6.07, 6.45) is -2.32. The average Bonchev–Trinajstić information content (AvgIpc) is 2.93. The number of carbonyl (C=O) groups is 8. The van der Waals surface area contributed by atoms with Gasteiger partial charge in [0, 0.05) is 6.42 Å². The predicted molar refractivity (Wildman–Crippen MR) is 157 cm³/mol. The molecular weight excluding hydrogens is 594 g/mol. The Morgan fingerprint density at radius 1 is 0.689 bits per heavy atom. The van der Waals surface area contributed by atoms with Crippen molar-refractivity contribution in [1.29, 1.82) is 0 Å². The van der Waals surface area contributed by atoms with Gasteiger partial charge in [0.05, 0.1) is 18.9 Å². The van der Waals surface area contributed by atoms with Crippen LogP contribution >= 0.6 is 0 Å². The Morgan fingerprint density at radius 3 is 1.71 bits per heavy atom. The molecule has 12 N–H and O–H groups in total. The monoisotopic (exact) mass is 635 g/mol. The molecule has 5 atom stereocenters. The highest BCUT2D eigenvalue weighted by molar-refractivity contribution is 5.97. The van der Waals surface area contributed by atoms with Crippen molar-refractivity contribution in [3.63, 3.8) is 0 Å². The molecule has 0 saturated heterocycles. The van der Waals surface area contributed by atoms with E-state index in [-0.39, 0.29) is 18.8 Å². The zero-order valence-electron chi connectivity index (χ0n) is 25.0. The third kappa shape index (κ3) is 14.8. The van der Waals surface area contributed by atoms with Gasteiger partial charge < -0.3 is 48.7 Å². The lowest BCUT2D eigenvalue weighted by Gasteiger charge is -2.26. The molecule has 1 aromatic carbocycles. The lowest BCUT2D eigenvalue weighted by molar-refractivity contribution is -0.147. The molecule has 1 rings (SSSR count). The molecule has 0 spiro atoms. The van der Waals surface area contributed by atoms with Crippen molar-refractivity contribution in [1.82, 2.24) is 21.3 Å². The van der Waals surface area contributed by atoms with Crippen LogP contribution in [0.25, 0.3) is 0 Å². The van der Waals surface area contributed by atoms with Crippen molar-refractivity contribution < 1.29 is 48.6 Å². The number of carbonyl (C=O) groups excluding carboxylic acids is 6. The highest BCUT2D eigenvalue weighted by atomic mass is 16.4. The fourth-order valence-corrected chi connectivity index (χ4v) is 4.10. The van der Waals surface area contributed by atoms with Gasteiger partial charge in [-0.05, 0) is 30.7 Å². The highest BCUT2D eigenvalue weighted by Gasteiger charge is 2.33. The van der Waals surface area contributed by atoms with Crippen LogP contribution < -0.4 is 38.5 Å². The summed E-state index contributed by atoms with van der Waals surface area (Å²) in [5.41, 5.74) is 17.2. The van der Waals surface area contributed by atoms with E-state index in [0.29, 0.717) is 0 Å². The zero-order chi connectivity index (χ0) is 34.3. The second-order valence-corrected chi connectivity index (χ2v) is 10.8. The molecule has 1 aromatic rings. The summed E-state index contributed by atoms with van der Waals surface area (Å²) in [6, 6.07) is 1.54. The van der Waals surface area contributed by atoms with E-state index in [4.69, 9.17) is 22.3 Å². The smallest absolute Gasteiger partial charge is 0.326 e. The van der Waals surface area contributed by atoms with Crippen molar-refractivity contribution in [2.45, 2.75) is 82.6 Å². The molecule has 17 nitrogen and oxygen atoms in total. The van der Waals surface area contributed by atoms with E-state index >= 15 is 0 Å². The van der Waals surface area contributed by atoms with Gasteiger partial charge in [-0.15, -0.1) is 0 Å². The first-order valence-electron chi connectivity index (χ1n) is 14.0. The normalized spacial score (nSPS) is 14.1. The van der Waals surface area contributed by atoms with Gasteiger partial charge in [0.2, 0.25) is 35.4 Å². The van der Waals surface area contributed by atoms with E-state index in [1.54, 1.807) is 44.2 Å². The maximum atomic E-state index is 13.3. The van der Waals surface area contributed by atoms with Crippen LogP contribution in [0.2, 0.25) is 0 Å². The predicted octanol–water partition coefficient (Wildman–Crippen LogP) is -2.76. The highest BCUT2D eigenvalue weighted by Crippen LogP contribution is 2.09. The summed E-state index contributed by atoms with van der Waals surface area (Å²) >= 11 is 0. The number of hydrogen-bond acceptors (Lipinski definition) is 9. The van der Waals surface area contributed by atoms with Crippen LogP contribution in [0.5, 0.6) is 0 Å². The molecule has 0 aliphatic rings. The molecule has 0 bridgehead atoms. The molecule has 0 fully saturated rings. The van der Waals surface area contributed by atoms with Gasteiger partial charge in [-0.3, -0.25) is 33.6 Å². The topological polar surface area (TPSA) is 303 Å². The summed E-state index contributed by atoms with van der Waals surface area (Å²) in [5, 5.41) is 27.3. The first-order valence-corrected chi connectivity index (χ1v) is 14.0.